The second-order valence-corrected chi connectivity index (χ2v) is 4.32. The van der Waals surface area contributed by atoms with Crippen LogP contribution < -0.4 is 5.73 Å². The smallest absolute Gasteiger partial charge is 0.0314 e. The molecule has 1 aliphatic heterocycles. The first-order valence-electron chi connectivity index (χ1n) is 5.49. The molecule has 0 bridgehead atoms. The van der Waals surface area contributed by atoms with Crippen molar-refractivity contribution in [3.05, 3.63) is 29.8 Å². The predicted molar refractivity (Wildman–Crippen MR) is 70.9 cm³/mol. The Bertz CT molecular complexity index is 305. The van der Waals surface area contributed by atoms with Crippen molar-refractivity contribution in [2.24, 2.45) is 0 Å². The van der Waals surface area contributed by atoms with E-state index in [9.17, 15) is 0 Å². The van der Waals surface area contributed by atoms with Crippen LogP contribution in [0.15, 0.2) is 24.3 Å². The molecule has 90 valence electrons. The number of nitrogens with two attached hydrogens (primary N) is 1. The van der Waals surface area contributed by atoms with Crippen molar-refractivity contribution < 1.29 is 0 Å². The fraction of sp³-hybridized carbons (Fsp3) is 0.500. The van der Waals surface area contributed by atoms with E-state index in [2.05, 4.69) is 29.0 Å². The second kappa shape index (κ2) is 6.09. The number of rotatable bonds is 2. The minimum absolute atomic E-state index is 0. The van der Waals surface area contributed by atoms with Crippen LogP contribution in [0.3, 0.4) is 0 Å². The third-order valence-corrected chi connectivity index (χ3v) is 2.98. The molecule has 2 N–H and O–H groups in total. The Balaban J connectivity index is 0.00000128. The van der Waals surface area contributed by atoms with Gasteiger partial charge in [0.15, 0.2) is 0 Å². The van der Waals surface area contributed by atoms with E-state index in [1.54, 1.807) is 0 Å². The largest absolute Gasteiger partial charge is 0.399 e. The standard InChI is InChI=1S/C12H19N3.ClH/c1-14-6-8-15(9-7-14)10-11-2-4-12(13)5-3-11;/h2-5H,6-10,13H2,1H3;1H. The molecule has 0 saturated carbocycles. The summed E-state index contributed by atoms with van der Waals surface area (Å²) < 4.78 is 0. The Morgan fingerprint density at radius 3 is 2.19 bits per heavy atom. The van der Waals surface area contributed by atoms with Crippen LogP contribution in [-0.4, -0.2) is 43.0 Å². The van der Waals surface area contributed by atoms with Gasteiger partial charge in [-0.1, -0.05) is 12.1 Å². The van der Waals surface area contributed by atoms with Gasteiger partial charge < -0.3 is 10.6 Å². The summed E-state index contributed by atoms with van der Waals surface area (Å²) in [5.74, 6) is 0. The maximum atomic E-state index is 5.66. The van der Waals surface area contributed by atoms with E-state index < -0.39 is 0 Å². The molecule has 2 rings (SSSR count). The highest BCUT2D eigenvalue weighted by Gasteiger charge is 2.13. The highest BCUT2D eigenvalue weighted by atomic mass is 35.5. The summed E-state index contributed by atoms with van der Waals surface area (Å²) in [6, 6.07) is 8.19. The number of nitrogens with zero attached hydrogens (tertiary/aromatic N) is 2. The summed E-state index contributed by atoms with van der Waals surface area (Å²) in [7, 11) is 2.18. The Hall–Kier alpha value is -0.770. The molecule has 0 aromatic heterocycles. The minimum Gasteiger partial charge on any atom is -0.399 e. The Morgan fingerprint density at radius 1 is 1.06 bits per heavy atom. The van der Waals surface area contributed by atoms with E-state index in [0.29, 0.717) is 0 Å². The Kier molecular flexibility index (Phi) is 5.06. The van der Waals surface area contributed by atoms with Crippen LogP contribution >= 0.6 is 12.4 Å². The molecular formula is C12H20ClN3. The minimum atomic E-state index is 0. The number of hydrogen-bond acceptors (Lipinski definition) is 3. The highest BCUT2D eigenvalue weighted by molar-refractivity contribution is 5.85. The lowest BCUT2D eigenvalue weighted by molar-refractivity contribution is 0.148. The van der Waals surface area contributed by atoms with Gasteiger partial charge in [-0.3, -0.25) is 4.90 Å². The van der Waals surface area contributed by atoms with Gasteiger partial charge in [0.25, 0.3) is 0 Å². The number of halogens is 1. The number of hydrogen-bond donors (Lipinski definition) is 1. The van der Waals surface area contributed by atoms with Gasteiger partial charge in [-0.05, 0) is 24.7 Å². The first kappa shape index (κ1) is 13.3. The molecule has 0 atom stereocenters. The van der Waals surface area contributed by atoms with Gasteiger partial charge in [0.1, 0.15) is 0 Å². The van der Waals surface area contributed by atoms with Crippen molar-refractivity contribution in [2.75, 3.05) is 39.0 Å². The van der Waals surface area contributed by atoms with E-state index in [-0.39, 0.29) is 12.4 Å². The third-order valence-electron chi connectivity index (χ3n) is 2.98. The average Bonchev–Trinajstić information content (AvgIpc) is 2.25. The van der Waals surface area contributed by atoms with E-state index in [0.717, 1.165) is 12.2 Å². The maximum Gasteiger partial charge on any atom is 0.0314 e. The number of anilines is 1. The summed E-state index contributed by atoms with van der Waals surface area (Å²) in [5.41, 5.74) is 7.86. The molecule has 0 aliphatic carbocycles. The quantitative estimate of drug-likeness (QED) is 0.796. The van der Waals surface area contributed by atoms with Crippen molar-refractivity contribution in [2.45, 2.75) is 6.54 Å². The SMILES string of the molecule is CN1CCN(Cc2ccc(N)cc2)CC1.Cl. The summed E-state index contributed by atoms with van der Waals surface area (Å²) in [6.45, 7) is 5.74. The van der Waals surface area contributed by atoms with Crippen LogP contribution in [-0.2, 0) is 6.54 Å². The van der Waals surface area contributed by atoms with Gasteiger partial charge in [0.2, 0.25) is 0 Å². The Labute approximate surface area is 104 Å². The van der Waals surface area contributed by atoms with E-state index in [4.69, 9.17) is 5.73 Å². The van der Waals surface area contributed by atoms with Crippen molar-refractivity contribution in [3.8, 4) is 0 Å². The topological polar surface area (TPSA) is 32.5 Å². The van der Waals surface area contributed by atoms with E-state index >= 15 is 0 Å². The van der Waals surface area contributed by atoms with Crippen molar-refractivity contribution in [1.29, 1.82) is 0 Å². The maximum absolute atomic E-state index is 5.66. The zero-order valence-corrected chi connectivity index (χ0v) is 10.5. The van der Waals surface area contributed by atoms with Crippen LogP contribution in [0.1, 0.15) is 5.56 Å². The van der Waals surface area contributed by atoms with Gasteiger partial charge in [-0.25, -0.2) is 0 Å². The molecule has 0 amide bonds. The predicted octanol–water partition coefficient (Wildman–Crippen LogP) is 1.44. The van der Waals surface area contributed by atoms with Crippen LogP contribution in [0.5, 0.6) is 0 Å². The summed E-state index contributed by atoms with van der Waals surface area (Å²) in [6.07, 6.45) is 0. The summed E-state index contributed by atoms with van der Waals surface area (Å²) in [4.78, 5) is 4.87. The zero-order valence-electron chi connectivity index (χ0n) is 9.72. The first-order valence-corrected chi connectivity index (χ1v) is 5.49. The molecule has 1 aromatic carbocycles. The molecule has 1 aliphatic rings. The summed E-state index contributed by atoms with van der Waals surface area (Å²) >= 11 is 0. The molecule has 1 saturated heterocycles. The van der Waals surface area contributed by atoms with Gasteiger partial charge >= 0.3 is 0 Å². The number of piperazine rings is 1. The molecule has 1 aromatic rings. The highest BCUT2D eigenvalue weighted by Crippen LogP contribution is 2.10. The van der Waals surface area contributed by atoms with Crippen molar-refractivity contribution >= 4 is 18.1 Å². The average molecular weight is 242 g/mol. The lowest BCUT2D eigenvalue weighted by atomic mass is 10.2. The monoisotopic (exact) mass is 241 g/mol. The number of nitrogen functional groups attached to an aromatic ring is 1. The molecule has 0 radical (unpaired) electrons. The van der Waals surface area contributed by atoms with Gasteiger partial charge in [-0.15, -0.1) is 12.4 Å². The molecule has 0 spiro atoms. The normalized spacial score (nSPS) is 18.1. The van der Waals surface area contributed by atoms with Gasteiger partial charge in [0, 0.05) is 38.4 Å². The molecule has 3 nitrogen and oxygen atoms in total. The van der Waals surface area contributed by atoms with Crippen LogP contribution in [0, 0.1) is 0 Å². The molecule has 16 heavy (non-hydrogen) atoms. The molecule has 1 fully saturated rings. The fourth-order valence-corrected chi connectivity index (χ4v) is 1.89. The second-order valence-electron chi connectivity index (χ2n) is 4.32. The molecule has 0 unspecified atom stereocenters. The first-order chi connectivity index (χ1) is 7.24. The molecule has 1 heterocycles. The van der Waals surface area contributed by atoms with Crippen molar-refractivity contribution in [1.82, 2.24) is 9.80 Å². The van der Waals surface area contributed by atoms with Crippen LogP contribution in [0.4, 0.5) is 5.69 Å². The van der Waals surface area contributed by atoms with Gasteiger partial charge in [0.05, 0.1) is 0 Å². The zero-order chi connectivity index (χ0) is 10.7. The third kappa shape index (κ3) is 3.67. The lowest BCUT2D eigenvalue weighted by Crippen LogP contribution is -2.43. The van der Waals surface area contributed by atoms with Crippen molar-refractivity contribution in [3.63, 3.8) is 0 Å². The number of benzene rings is 1. The molecule has 4 heteroatoms. The Morgan fingerprint density at radius 2 is 1.62 bits per heavy atom. The van der Waals surface area contributed by atoms with E-state index in [1.165, 1.54) is 31.7 Å². The van der Waals surface area contributed by atoms with Gasteiger partial charge in [-0.2, -0.15) is 0 Å². The summed E-state index contributed by atoms with van der Waals surface area (Å²) in [5, 5.41) is 0. The van der Waals surface area contributed by atoms with E-state index in [1.807, 2.05) is 12.1 Å². The fourth-order valence-electron chi connectivity index (χ4n) is 1.89. The van der Waals surface area contributed by atoms with Crippen LogP contribution in [0.2, 0.25) is 0 Å². The lowest BCUT2D eigenvalue weighted by Gasteiger charge is -2.32. The number of likely N-dealkylation sites (N-methyl/N-ethyl adjacent to an activating group) is 1. The van der Waals surface area contributed by atoms with Crippen LogP contribution in [0.25, 0.3) is 0 Å². The molecular weight excluding hydrogens is 222 g/mol.